The van der Waals surface area contributed by atoms with Crippen molar-refractivity contribution in [3.8, 4) is 0 Å². The Labute approximate surface area is 214 Å². The molecule has 0 atom stereocenters. The minimum atomic E-state index is -0.421. The van der Waals surface area contributed by atoms with Gasteiger partial charge in [0.25, 0.3) is 11.6 Å². The third-order valence-electron chi connectivity index (χ3n) is 5.84. The summed E-state index contributed by atoms with van der Waals surface area (Å²) in [6.07, 6.45) is 0. The minimum absolute atomic E-state index is 0. The quantitative estimate of drug-likeness (QED) is 0.339. The molecule has 11 heteroatoms. The highest BCUT2D eigenvalue weighted by Crippen LogP contribution is 2.34. The standard InChI is InChI=1S/C24H29N5O4S.ClH/c1-16-13-17(2)22-21(14-16)34-24(25-22)28(8-7-26(3)4)23(30)18-5-6-19(20(15-18)29(31)32)27-9-11-33-12-10-27;/h5-6,13-15H,7-12H2,1-4H3;1H. The van der Waals surface area contributed by atoms with Crippen LogP contribution in [0.3, 0.4) is 0 Å². The number of nitro groups is 1. The molecule has 1 aliphatic rings. The van der Waals surface area contributed by atoms with Crippen LogP contribution in [0.15, 0.2) is 30.3 Å². The highest BCUT2D eigenvalue weighted by molar-refractivity contribution is 7.22. The molecule has 35 heavy (non-hydrogen) atoms. The topological polar surface area (TPSA) is 92.1 Å². The van der Waals surface area contributed by atoms with E-state index in [1.807, 2.05) is 37.7 Å². The molecule has 188 valence electrons. The molecule has 0 bridgehead atoms. The Hall–Kier alpha value is -2.79. The highest BCUT2D eigenvalue weighted by Gasteiger charge is 2.27. The summed E-state index contributed by atoms with van der Waals surface area (Å²) in [5.41, 5.74) is 3.78. The van der Waals surface area contributed by atoms with E-state index in [0.717, 1.165) is 21.3 Å². The number of thiazole rings is 1. The average Bonchev–Trinajstić information content (AvgIpc) is 3.23. The van der Waals surface area contributed by atoms with Crippen molar-refractivity contribution < 1.29 is 14.5 Å². The largest absolute Gasteiger partial charge is 0.378 e. The van der Waals surface area contributed by atoms with Crippen LogP contribution >= 0.6 is 23.7 Å². The fourth-order valence-electron chi connectivity index (χ4n) is 4.09. The summed E-state index contributed by atoms with van der Waals surface area (Å²) in [5, 5.41) is 12.5. The number of amides is 1. The predicted molar refractivity (Wildman–Crippen MR) is 143 cm³/mol. The third-order valence-corrected chi connectivity index (χ3v) is 6.86. The maximum atomic E-state index is 13.7. The van der Waals surface area contributed by atoms with Gasteiger partial charge in [-0.15, -0.1) is 12.4 Å². The first-order chi connectivity index (χ1) is 16.2. The van der Waals surface area contributed by atoms with Crippen LogP contribution in [0.5, 0.6) is 0 Å². The second kappa shape index (κ2) is 11.3. The second-order valence-corrected chi connectivity index (χ2v) is 9.75. The van der Waals surface area contributed by atoms with E-state index in [1.165, 1.54) is 17.4 Å². The van der Waals surface area contributed by atoms with E-state index in [0.29, 0.717) is 50.2 Å². The van der Waals surface area contributed by atoms with Crippen LogP contribution < -0.4 is 9.80 Å². The molecule has 4 rings (SSSR count). The number of benzene rings is 2. The van der Waals surface area contributed by atoms with Gasteiger partial charge in [-0.3, -0.25) is 19.8 Å². The van der Waals surface area contributed by atoms with Crippen molar-refractivity contribution >= 4 is 56.4 Å². The number of fused-ring (bicyclic) bond motifs is 1. The van der Waals surface area contributed by atoms with Gasteiger partial charge in [0.2, 0.25) is 0 Å². The molecule has 1 amide bonds. The van der Waals surface area contributed by atoms with Gasteiger partial charge < -0.3 is 14.5 Å². The molecule has 2 aromatic carbocycles. The molecule has 2 heterocycles. The number of aryl methyl sites for hydroxylation is 2. The zero-order chi connectivity index (χ0) is 24.4. The fraction of sp³-hybridized carbons (Fsp3) is 0.417. The Kier molecular flexibility index (Phi) is 8.65. The number of halogens is 1. The number of hydrogen-bond acceptors (Lipinski definition) is 8. The lowest BCUT2D eigenvalue weighted by Gasteiger charge is -2.28. The van der Waals surface area contributed by atoms with Crippen molar-refractivity contribution in [3.63, 3.8) is 0 Å². The van der Waals surface area contributed by atoms with E-state index in [4.69, 9.17) is 9.72 Å². The molecule has 1 fully saturated rings. The molecule has 0 spiro atoms. The normalized spacial score (nSPS) is 13.7. The predicted octanol–water partition coefficient (Wildman–Crippen LogP) is 4.29. The number of morpholine rings is 1. The number of nitrogens with zero attached hydrogens (tertiary/aromatic N) is 5. The fourth-order valence-corrected chi connectivity index (χ4v) is 5.25. The molecule has 3 aromatic rings. The lowest BCUT2D eigenvalue weighted by molar-refractivity contribution is -0.384. The first-order valence-electron chi connectivity index (χ1n) is 11.2. The first kappa shape index (κ1) is 26.8. The molecule has 1 aliphatic heterocycles. The number of anilines is 2. The molecule has 0 N–H and O–H groups in total. The smallest absolute Gasteiger partial charge is 0.293 e. The Bertz CT molecular complexity index is 1230. The summed E-state index contributed by atoms with van der Waals surface area (Å²) in [6.45, 7) is 7.30. The Morgan fingerprint density at radius 3 is 2.54 bits per heavy atom. The molecule has 0 saturated carbocycles. The van der Waals surface area contributed by atoms with Crippen molar-refractivity contribution in [2.75, 3.05) is 63.3 Å². The van der Waals surface area contributed by atoms with Crippen LogP contribution in [0.2, 0.25) is 0 Å². The van der Waals surface area contributed by atoms with Crippen molar-refractivity contribution in [2.24, 2.45) is 0 Å². The monoisotopic (exact) mass is 519 g/mol. The summed E-state index contributed by atoms with van der Waals surface area (Å²) in [7, 11) is 3.88. The lowest BCUT2D eigenvalue weighted by Crippen LogP contribution is -2.37. The SMILES string of the molecule is Cc1cc(C)c2nc(N(CCN(C)C)C(=O)c3ccc(N4CCOCC4)c([N+](=O)[O-])c3)sc2c1.Cl. The number of hydrogen-bond donors (Lipinski definition) is 0. The third kappa shape index (κ3) is 5.90. The van der Waals surface area contributed by atoms with Crippen LogP contribution in [0.25, 0.3) is 10.2 Å². The number of likely N-dealkylation sites (N-methyl/N-ethyl adjacent to an activating group) is 1. The number of aromatic nitrogens is 1. The van der Waals surface area contributed by atoms with Crippen LogP contribution in [-0.4, -0.2) is 74.2 Å². The maximum absolute atomic E-state index is 13.7. The van der Waals surface area contributed by atoms with Crippen LogP contribution in [0.4, 0.5) is 16.5 Å². The molecule has 1 saturated heterocycles. The summed E-state index contributed by atoms with van der Waals surface area (Å²) < 4.78 is 6.39. The van der Waals surface area contributed by atoms with Gasteiger partial charge in [0.05, 0.1) is 28.4 Å². The number of carbonyl (C=O) groups excluding carboxylic acids is 1. The van der Waals surface area contributed by atoms with Gasteiger partial charge in [-0.05, 0) is 57.3 Å². The molecule has 9 nitrogen and oxygen atoms in total. The summed E-state index contributed by atoms with van der Waals surface area (Å²) >= 11 is 1.46. The summed E-state index contributed by atoms with van der Waals surface area (Å²) in [6, 6.07) is 8.88. The van der Waals surface area contributed by atoms with Crippen molar-refractivity contribution in [2.45, 2.75) is 13.8 Å². The summed E-state index contributed by atoms with van der Waals surface area (Å²) in [5.74, 6) is -0.299. The lowest BCUT2D eigenvalue weighted by atomic mass is 10.1. The van der Waals surface area contributed by atoms with E-state index < -0.39 is 4.92 Å². The first-order valence-corrected chi connectivity index (χ1v) is 12.0. The van der Waals surface area contributed by atoms with Crippen LogP contribution in [-0.2, 0) is 4.74 Å². The van der Waals surface area contributed by atoms with E-state index >= 15 is 0 Å². The molecule has 1 aromatic heterocycles. The Morgan fingerprint density at radius 2 is 1.89 bits per heavy atom. The molecule has 0 unspecified atom stereocenters. The number of carbonyl (C=O) groups is 1. The van der Waals surface area contributed by atoms with Gasteiger partial charge >= 0.3 is 0 Å². The van der Waals surface area contributed by atoms with Crippen LogP contribution in [0.1, 0.15) is 21.5 Å². The van der Waals surface area contributed by atoms with Crippen molar-refractivity contribution in [1.82, 2.24) is 9.88 Å². The van der Waals surface area contributed by atoms with Gasteiger partial charge in [0.15, 0.2) is 5.13 Å². The number of nitro benzene ring substituents is 1. The van der Waals surface area contributed by atoms with Gasteiger partial charge in [0, 0.05) is 37.8 Å². The average molecular weight is 520 g/mol. The Balaban J connectivity index is 0.00000342. The minimum Gasteiger partial charge on any atom is -0.378 e. The van der Waals surface area contributed by atoms with E-state index in [2.05, 4.69) is 12.1 Å². The number of ether oxygens (including phenoxy) is 1. The highest BCUT2D eigenvalue weighted by atomic mass is 35.5. The molecule has 0 radical (unpaired) electrons. The molecule has 0 aliphatic carbocycles. The Morgan fingerprint density at radius 1 is 1.17 bits per heavy atom. The van der Waals surface area contributed by atoms with E-state index in [1.54, 1.807) is 17.0 Å². The maximum Gasteiger partial charge on any atom is 0.293 e. The van der Waals surface area contributed by atoms with E-state index in [-0.39, 0.29) is 29.6 Å². The zero-order valence-corrected chi connectivity index (χ0v) is 21.9. The number of rotatable bonds is 7. The van der Waals surface area contributed by atoms with Gasteiger partial charge in [-0.2, -0.15) is 0 Å². The van der Waals surface area contributed by atoms with Crippen molar-refractivity contribution in [1.29, 1.82) is 0 Å². The van der Waals surface area contributed by atoms with Crippen LogP contribution in [0, 0.1) is 24.0 Å². The van der Waals surface area contributed by atoms with Crippen molar-refractivity contribution in [3.05, 3.63) is 57.1 Å². The summed E-state index contributed by atoms with van der Waals surface area (Å²) in [4.78, 5) is 35.5. The van der Waals surface area contributed by atoms with Gasteiger partial charge in [-0.25, -0.2) is 4.98 Å². The zero-order valence-electron chi connectivity index (χ0n) is 20.3. The second-order valence-electron chi connectivity index (χ2n) is 8.75. The molecular formula is C24H30ClN5O4S. The van der Waals surface area contributed by atoms with Gasteiger partial charge in [0.1, 0.15) is 5.69 Å². The molecular weight excluding hydrogens is 490 g/mol. The van der Waals surface area contributed by atoms with E-state index in [9.17, 15) is 14.9 Å². The van der Waals surface area contributed by atoms with Gasteiger partial charge in [-0.1, -0.05) is 17.4 Å².